The highest BCUT2D eigenvalue weighted by Crippen LogP contribution is 2.22. The first-order valence-corrected chi connectivity index (χ1v) is 9.70. The maximum absolute atomic E-state index is 12.4. The number of hydrogen-bond donors (Lipinski definition) is 1. The predicted octanol–water partition coefficient (Wildman–Crippen LogP) is 4.77. The molecule has 0 saturated heterocycles. The van der Waals surface area contributed by atoms with Gasteiger partial charge in [-0.25, -0.2) is 4.98 Å². The van der Waals surface area contributed by atoms with E-state index < -0.39 is 0 Å². The Labute approximate surface area is 150 Å². The molecule has 0 unspecified atom stereocenters. The van der Waals surface area contributed by atoms with Crippen molar-refractivity contribution in [3.8, 4) is 11.3 Å². The average Bonchev–Trinajstić information content (AvgIpc) is 3.06. The first-order chi connectivity index (χ1) is 11.7. The van der Waals surface area contributed by atoms with Crippen molar-refractivity contribution >= 4 is 29.0 Å². The van der Waals surface area contributed by atoms with Crippen LogP contribution in [0, 0.1) is 6.92 Å². The van der Waals surface area contributed by atoms with Crippen LogP contribution in [0.25, 0.3) is 11.3 Å². The molecule has 5 heteroatoms. The summed E-state index contributed by atoms with van der Waals surface area (Å²) in [6.07, 6.45) is 1.98. The first-order valence-electron chi connectivity index (χ1n) is 7.60. The lowest BCUT2D eigenvalue weighted by molar-refractivity contribution is 0.0948. The van der Waals surface area contributed by atoms with E-state index >= 15 is 0 Å². The molecule has 1 heterocycles. The van der Waals surface area contributed by atoms with Crippen LogP contribution in [0.2, 0.25) is 0 Å². The quantitative estimate of drug-likeness (QED) is 0.671. The van der Waals surface area contributed by atoms with Crippen molar-refractivity contribution in [2.75, 3.05) is 6.26 Å². The van der Waals surface area contributed by atoms with Gasteiger partial charge in [-0.3, -0.25) is 4.79 Å². The zero-order chi connectivity index (χ0) is 16.9. The van der Waals surface area contributed by atoms with Crippen molar-refractivity contribution in [2.45, 2.75) is 18.4 Å². The highest BCUT2D eigenvalue weighted by Gasteiger charge is 2.10. The molecule has 1 amide bonds. The number of benzene rings is 2. The fourth-order valence-corrected chi connectivity index (χ4v) is 3.62. The average molecular weight is 354 g/mol. The van der Waals surface area contributed by atoms with Crippen LogP contribution in [-0.4, -0.2) is 17.1 Å². The Morgan fingerprint density at radius 3 is 2.58 bits per heavy atom. The van der Waals surface area contributed by atoms with Gasteiger partial charge in [0.1, 0.15) is 0 Å². The van der Waals surface area contributed by atoms with Gasteiger partial charge in [-0.2, -0.15) is 0 Å². The zero-order valence-electron chi connectivity index (χ0n) is 13.6. The van der Waals surface area contributed by atoms with Gasteiger partial charge in [0.2, 0.25) is 0 Å². The number of carbonyl (C=O) groups is 1. The van der Waals surface area contributed by atoms with Crippen molar-refractivity contribution in [1.29, 1.82) is 0 Å². The second-order valence-electron chi connectivity index (χ2n) is 5.33. The van der Waals surface area contributed by atoms with Crippen molar-refractivity contribution in [3.05, 3.63) is 70.0 Å². The van der Waals surface area contributed by atoms with E-state index in [9.17, 15) is 4.79 Å². The molecule has 3 rings (SSSR count). The van der Waals surface area contributed by atoms with Crippen LogP contribution >= 0.6 is 23.1 Å². The topological polar surface area (TPSA) is 42.0 Å². The fourth-order valence-electron chi connectivity index (χ4n) is 2.40. The van der Waals surface area contributed by atoms with Crippen molar-refractivity contribution in [3.63, 3.8) is 0 Å². The van der Waals surface area contributed by atoms with E-state index in [1.54, 1.807) is 23.1 Å². The van der Waals surface area contributed by atoms with Crippen molar-refractivity contribution < 1.29 is 4.79 Å². The molecule has 1 aromatic heterocycles. The van der Waals surface area contributed by atoms with Gasteiger partial charge in [-0.1, -0.05) is 36.4 Å². The Morgan fingerprint density at radius 1 is 1.17 bits per heavy atom. The molecule has 0 atom stereocenters. The third kappa shape index (κ3) is 3.86. The Balaban J connectivity index is 1.65. The predicted molar refractivity (Wildman–Crippen MR) is 102 cm³/mol. The summed E-state index contributed by atoms with van der Waals surface area (Å²) in [7, 11) is 0. The first kappa shape index (κ1) is 16.7. The molecule has 3 aromatic rings. The van der Waals surface area contributed by atoms with Crippen LogP contribution in [-0.2, 0) is 6.54 Å². The third-order valence-corrected chi connectivity index (χ3v) is 5.24. The molecule has 24 heavy (non-hydrogen) atoms. The van der Waals surface area contributed by atoms with E-state index in [1.807, 2.05) is 61.7 Å². The molecule has 0 aliphatic rings. The molecule has 122 valence electrons. The number of carbonyl (C=O) groups excluding carboxylic acids is 1. The molecule has 0 radical (unpaired) electrons. The van der Waals surface area contributed by atoms with Crippen molar-refractivity contribution in [2.24, 2.45) is 0 Å². The largest absolute Gasteiger partial charge is 0.348 e. The van der Waals surface area contributed by atoms with E-state index in [-0.39, 0.29) is 5.91 Å². The lowest BCUT2D eigenvalue weighted by atomic mass is 10.1. The van der Waals surface area contributed by atoms with E-state index in [1.165, 1.54) is 0 Å². The van der Waals surface area contributed by atoms with E-state index in [2.05, 4.69) is 15.7 Å². The third-order valence-electron chi connectivity index (χ3n) is 3.67. The van der Waals surface area contributed by atoms with E-state index in [0.717, 1.165) is 32.3 Å². The standard InChI is InChI=1S/C19H18N2OS2/c1-13-21-17(12-24-13)15-9-7-14(8-10-15)11-20-19(22)16-5-3-4-6-18(16)23-2/h3-10,12H,11H2,1-2H3,(H,20,22). The van der Waals surface area contributed by atoms with E-state index in [4.69, 9.17) is 0 Å². The fraction of sp³-hybridized carbons (Fsp3) is 0.158. The number of thiazole rings is 1. The van der Waals surface area contributed by atoms with Crippen molar-refractivity contribution in [1.82, 2.24) is 10.3 Å². The number of amides is 1. The highest BCUT2D eigenvalue weighted by molar-refractivity contribution is 7.98. The molecule has 0 spiro atoms. The Bertz CT molecular complexity index is 841. The van der Waals surface area contributed by atoms with Crippen LogP contribution in [0.4, 0.5) is 0 Å². The van der Waals surface area contributed by atoms with Gasteiger partial charge in [-0.05, 0) is 30.9 Å². The number of nitrogens with zero attached hydrogens (tertiary/aromatic N) is 1. The normalized spacial score (nSPS) is 10.6. The molecule has 0 aliphatic carbocycles. The zero-order valence-corrected chi connectivity index (χ0v) is 15.2. The van der Waals surface area contributed by atoms with Crippen LogP contribution in [0.5, 0.6) is 0 Å². The second-order valence-corrected chi connectivity index (χ2v) is 7.24. The van der Waals surface area contributed by atoms with Crippen LogP contribution in [0.1, 0.15) is 20.9 Å². The summed E-state index contributed by atoms with van der Waals surface area (Å²) in [5.74, 6) is -0.0425. The maximum Gasteiger partial charge on any atom is 0.252 e. The Kier molecular flexibility index (Phi) is 5.33. The van der Waals surface area contributed by atoms with Gasteiger partial charge in [0.05, 0.1) is 16.3 Å². The highest BCUT2D eigenvalue weighted by atomic mass is 32.2. The monoisotopic (exact) mass is 354 g/mol. The molecule has 1 N–H and O–H groups in total. The molecular weight excluding hydrogens is 336 g/mol. The number of thioether (sulfide) groups is 1. The molecule has 0 saturated carbocycles. The number of rotatable bonds is 5. The van der Waals surface area contributed by atoms with E-state index in [0.29, 0.717) is 6.54 Å². The van der Waals surface area contributed by atoms with Gasteiger partial charge in [0.15, 0.2) is 0 Å². The second kappa shape index (κ2) is 7.64. The van der Waals surface area contributed by atoms with Crippen LogP contribution in [0.3, 0.4) is 0 Å². The molecule has 0 fully saturated rings. The van der Waals surface area contributed by atoms with Gasteiger partial charge in [0, 0.05) is 22.4 Å². The summed E-state index contributed by atoms with van der Waals surface area (Å²) in [5.41, 5.74) is 3.89. The minimum absolute atomic E-state index is 0.0425. The minimum atomic E-state index is -0.0425. The Hall–Kier alpha value is -2.11. The minimum Gasteiger partial charge on any atom is -0.348 e. The molecule has 0 bridgehead atoms. The summed E-state index contributed by atoms with van der Waals surface area (Å²) in [6.45, 7) is 2.52. The number of aromatic nitrogens is 1. The summed E-state index contributed by atoms with van der Waals surface area (Å²) in [5, 5.41) is 6.11. The van der Waals surface area contributed by atoms with Crippen LogP contribution < -0.4 is 5.32 Å². The number of nitrogens with one attached hydrogen (secondary N) is 1. The van der Waals surface area contributed by atoms with Crippen LogP contribution in [0.15, 0.2) is 58.8 Å². The van der Waals surface area contributed by atoms with Gasteiger partial charge in [0.25, 0.3) is 5.91 Å². The van der Waals surface area contributed by atoms with Gasteiger partial charge in [-0.15, -0.1) is 23.1 Å². The maximum atomic E-state index is 12.4. The molecule has 0 aliphatic heterocycles. The molecular formula is C19H18N2OS2. The van der Waals surface area contributed by atoms with Gasteiger partial charge < -0.3 is 5.32 Å². The number of hydrogen-bond acceptors (Lipinski definition) is 4. The lowest BCUT2D eigenvalue weighted by Gasteiger charge is -2.09. The molecule has 2 aromatic carbocycles. The van der Waals surface area contributed by atoms with Gasteiger partial charge >= 0.3 is 0 Å². The smallest absolute Gasteiger partial charge is 0.252 e. The summed E-state index contributed by atoms with van der Waals surface area (Å²) in [4.78, 5) is 17.8. The Morgan fingerprint density at radius 2 is 1.92 bits per heavy atom. The number of aryl methyl sites for hydroxylation is 1. The summed E-state index contributed by atoms with van der Waals surface area (Å²) in [6, 6.07) is 15.8. The SMILES string of the molecule is CSc1ccccc1C(=O)NCc1ccc(-c2csc(C)n2)cc1. The summed E-state index contributed by atoms with van der Waals surface area (Å²) >= 11 is 3.23. The lowest BCUT2D eigenvalue weighted by Crippen LogP contribution is -2.23. The summed E-state index contributed by atoms with van der Waals surface area (Å²) < 4.78 is 0. The molecule has 3 nitrogen and oxygen atoms in total.